The average molecular weight is 277 g/mol. The number of hydrogen-bond acceptors (Lipinski definition) is 2. The Hall–Kier alpha value is -1.51. The van der Waals surface area contributed by atoms with Gasteiger partial charge in [0.1, 0.15) is 0 Å². The van der Waals surface area contributed by atoms with Gasteiger partial charge in [-0.3, -0.25) is 5.32 Å². The van der Waals surface area contributed by atoms with Crippen molar-refractivity contribution in [1.29, 1.82) is 0 Å². The normalized spacial score (nSPS) is 10.3. The maximum absolute atomic E-state index is 11.7. The zero-order valence-corrected chi connectivity index (χ0v) is 13.0. The van der Waals surface area contributed by atoms with Crippen LogP contribution in [0.5, 0.6) is 0 Å². The molecule has 0 unspecified atom stereocenters. The summed E-state index contributed by atoms with van der Waals surface area (Å²) in [6.07, 6.45) is 6.80. The van der Waals surface area contributed by atoms with E-state index in [0.717, 1.165) is 24.1 Å². The number of aryl methyl sites for hydroxylation is 1. The lowest BCUT2D eigenvalue weighted by atomic mass is 10.1. The fraction of sp³-hybridized carbons (Fsp3) is 0.588. The fourth-order valence-electron chi connectivity index (χ4n) is 2.08. The van der Waals surface area contributed by atoms with Crippen molar-refractivity contribution in [3.05, 3.63) is 29.3 Å². The zero-order chi connectivity index (χ0) is 14.8. The summed E-state index contributed by atoms with van der Waals surface area (Å²) in [5.41, 5.74) is 3.08. The predicted molar refractivity (Wildman–Crippen MR) is 84.3 cm³/mol. The lowest BCUT2D eigenvalue weighted by Gasteiger charge is -2.10. The maximum Gasteiger partial charge on any atom is 0.411 e. The molecule has 1 N–H and O–H groups in total. The fourth-order valence-corrected chi connectivity index (χ4v) is 2.08. The van der Waals surface area contributed by atoms with E-state index < -0.39 is 0 Å². The lowest BCUT2D eigenvalue weighted by molar-refractivity contribution is 0.159. The summed E-state index contributed by atoms with van der Waals surface area (Å²) in [4.78, 5) is 11.7. The molecular formula is C17H27NO2. The van der Waals surface area contributed by atoms with Crippen molar-refractivity contribution in [2.45, 2.75) is 59.3 Å². The number of nitrogens with one attached hydrogen (secondary N) is 1. The molecule has 0 aliphatic carbocycles. The van der Waals surface area contributed by atoms with Gasteiger partial charge in [-0.1, -0.05) is 51.2 Å². The smallest absolute Gasteiger partial charge is 0.411 e. The van der Waals surface area contributed by atoms with Gasteiger partial charge in [-0.15, -0.1) is 0 Å². The molecule has 0 saturated carbocycles. The summed E-state index contributed by atoms with van der Waals surface area (Å²) in [6, 6.07) is 5.86. The van der Waals surface area contributed by atoms with Gasteiger partial charge in [-0.2, -0.15) is 0 Å². The van der Waals surface area contributed by atoms with E-state index in [4.69, 9.17) is 4.74 Å². The van der Waals surface area contributed by atoms with Gasteiger partial charge in [0.2, 0.25) is 0 Å². The van der Waals surface area contributed by atoms with Crippen LogP contribution in [0.2, 0.25) is 0 Å². The summed E-state index contributed by atoms with van der Waals surface area (Å²) in [6.45, 7) is 6.74. The highest BCUT2D eigenvalue weighted by Gasteiger charge is 2.06. The highest BCUT2D eigenvalue weighted by molar-refractivity contribution is 5.85. The zero-order valence-electron chi connectivity index (χ0n) is 13.0. The van der Waals surface area contributed by atoms with Crippen molar-refractivity contribution in [2.24, 2.45) is 0 Å². The van der Waals surface area contributed by atoms with Crippen molar-refractivity contribution in [1.82, 2.24) is 0 Å². The summed E-state index contributed by atoms with van der Waals surface area (Å²) in [5, 5.41) is 2.80. The molecule has 0 radical (unpaired) electrons. The number of hydrogen-bond donors (Lipinski definition) is 1. The second kappa shape index (κ2) is 9.40. The SMILES string of the molecule is CCCCCCCCOC(=O)Nc1cccc(C)c1C. The first kappa shape index (κ1) is 16.5. The van der Waals surface area contributed by atoms with E-state index in [1.54, 1.807) is 0 Å². The summed E-state index contributed by atoms with van der Waals surface area (Å²) in [5.74, 6) is 0. The van der Waals surface area contributed by atoms with Crippen molar-refractivity contribution < 1.29 is 9.53 Å². The molecule has 3 heteroatoms. The molecule has 1 aromatic rings. The molecule has 0 atom stereocenters. The molecule has 0 aliphatic rings. The van der Waals surface area contributed by atoms with Crippen LogP contribution >= 0.6 is 0 Å². The first-order valence-corrected chi connectivity index (χ1v) is 7.65. The Balaban J connectivity index is 2.19. The van der Waals surface area contributed by atoms with Gasteiger partial charge in [0.15, 0.2) is 0 Å². The Bertz CT molecular complexity index is 415. The Morgan fingerprint density at radius 2 is 1.80 bits per heavy atom. The molecule has 0 heterocycles. The molecule has 1 rings (SSSR count). The van der Waals surface area contributed by atoms with Crippen LogP contribution in [0.3, 0.4) is 0 Å². The molecule has 0 aliphatic heterocycles. The number of rotatable bonds is 8. The van der Waals surface area contributed by atoms with Crippen molar-refractivity contribution in [3.63, 3.8) is 0 Å². The molecule has 0 saturated heterocycles. The number of ether oxygens (including phenoxy) is 1. The van der Waals surface area contributed by atoms with Gasteiger partial charge >= 0.3 is 6.09 Å². The molecule has 0 aromatic heterocycles. The van der Waals surface area contributed by atoms with Crippen LogP contribution in [0.4, 0.5) is 10.5 Å². The van der Waals surface area contributed by atoms with Crippen LogP contribution in [-0.2, 0) is 4.74 Å². The molecule has 0 fully saturated rings. The quantitative estimate of drug-likeness (QED) is 0.662. The Labute approximate surface area is 122 Å². The number of carbonyl (C=O) groups is 1. The molecule has 1 aromatic carbocycles. The number of anilines is 1. The minimum atomic E-state index is -0.354. The van der Waals surface area contributed by atoms with E-state index in [1.807, 2.05) is 32.0 Å². The molecular weight excluding hydrogens is 250 g/mol. The average Bonchev–Trinajstić information content (AvgIpc) is 2.43. The largest absolute Gasteiger partial charge is 0.449 e. The van der Waals surface area contributed by atoms with Gasteiger partial charge in [0.25, 0.3) is 0 Å². The van der Waals surface area contributed by atoms with E-state index in [2.05, 4.69) is 12.2 Å². The molecule has 112 valence electrons. The topological polar surface area (TPSA) is 38.3 Å². The van der Waals surface area contributed by atoms with Crippen molar-refractivity contribution >= 4 is 11.8 Å². The minimum absolute atomic E-state index is 0.354. The summed E-state index contributed by atoms with van der Waals surface area (Å²) >= 11 is 0. The van der Waals surface area contributed by atoms with E-state index >= 15 is 0 Å². The van der Waals surface area contributed by atoms with Crippen LogP contribution in [0, 0.1) is 13.8 Å². The number of unbranched alkanes of at least 4 members (excludes halogenated alkanes) is 5. The third-order valence-electron chi connectivity index (χ3n) is 3.57. The monoisotopic (exact) mass is 277 g/mol. The Morgan fingerprint density at radius 3 is 2.55 bits per heavy atom. The van der Waals surface area contributed by atoms with E-state index in [1.165, 1.54) is 31.2 Å². The summed E-state index contributed by atoms with van der Waals surface area (Å²) < 4.78 is 5.20. The third-order valence-corrected chi connectivity index (χ3v) is 3.57. The highest BCUT2D eigenvalue weighted by atomic mass is 16.5. The van der Waals surface area contributed by atoms with Gasteiger partial charge in [0, 0.05) is 5.69 Å². The highest BCUT2D eigenvalue weighted by Crippen LogP contribution is 2.18. The number of carbonyl (C=O) groups excluding carboxylic acids is 1. The van der Waals surface area contributed by atoms with E-state index in [-0.39, 0.29) is 6.09 Å². The van der Waals surface area contributed by atoms with Gasteiger partial charge in [-0.25, -0.2) is 4.79 Å². The minimum Gasteiger partial charge on any atom is -0.449 e. The first-order chi connectivity index (χ1) is 9.65. The molecule has 1 amide bonds. The van der Waals surface area contributed by atoms with E-state index in [0.29, 0.717) is 6.61 Å². The van der Waals surface area contributed by atoms with Crippen molar-refractivity contribution in [3.8, 4) is 0 Å². The van der Waals surface area contributed by atoms with Crippen LogP contribution in [0.1, 0.15) is 56.6 Å². The standard InChI is InChI=1S/C17H27NO2/c1-4-5-6-7-8-9-13-20-17(19)18-16-12-10-11-14(2)15(16)3/h10-12H,4-9,13H2,1-3H3,(H,18,19). The third kappa shape index (κ3) is 6.09. The van der Waals surface area contributed by atoms with Gasteiger partial charge < -0.3 is 4.74 Å². The Morgan fingerprint density at radius 1 is 1.10 bits per heavy atom. The molecule has 3 nitrogen and oxygen atoms in total. The maximum atomic E-state index is 11.7. The first-order valence-electron chi connectivity index (χ1n) is 7.65. The van der Waals surface area contributed by atoms with Crippen molar-refractivity contribution in [2.75, 3.05) is 11.9 Å². The van der Waals surface area contributed by atoms with Crippen LogP contribution < -0.4 is 5.32 Å². The Kier molecular flexibility index (Phi) is 7.78. The molecule has 0 bridgehead atoms. The second-order valence-corrected chi connectivity index (χ2v) is 5.28. The van der Waals surface area contributed by atoms with Gasteiger partial charge in [-0.05, 0) is 37.5 Å². The van der Waals surface area contributed by atoms with E-state index in [9.17, 15) is 4.79 Å². The van der Waals surface area contributed by atoms with Crippen LogP contribution in [0.15, 0.2) is 18.2 Å². The summed E-state index contributed by atoms with van der Waals surface area (Å²) in [7, 11) is 0. The van der Waals surface area contributed by atoms with Crippen LogP contribution in [-0.4, -0.2) is 12.7 Å². The molecule has 0 spiro atoms. The number of benzene rings is 1. The molecule has 20 heavy (non-hydrogen) atoms. The lowest BCUT2D eigenvalue weighted by Crippen LogP contribution is -2.15. The second-order valence-electron chi connectivity index (χ2n) is 5.28. The predicted octanol–water partition coefficient (Wildman–Crippen LogP) is 5.21. The van der Waals surface area contributed by atoms with Crippen LogP contribution in [0.25, 0.3) is 0 Å². The number of amides is 1. The van der Waals surface area contributed by atoms with Gasteiger partial charge in [0.05, 0.1) is 6.61 Å².